The zero-order chi connectivity index (χ0) is 8.15. The highest BCUT2D eigenvalue weighted by Crippen LogP contribution is 2.04. The summed E-state index contributed by atoms with van der Waals surface area (Å²) in [5.74, 6) is -0.294. The molecule has 0 unspecified atom stereocenters. The summed E-state index contributed by atoms with van der Waals surface area (Å²) in [6.45, 7) is 7.06. The van der Waals surface area contributed by atoms with Crippen molar-refractivity contribution in [3.05, 3.63) is 23.8 Å². The molecule has 2 nitrogen and oxygen atoms in total. The molecule has 2 heteroatoms. The van der Waals surface area contributed by atoms with E-state index in [0.29, 0.717) is 5.57 Å². The number of carbonyl (C=O) groups is 1. The van der Waals surface area contributed by atoms with Crippen molar-refractivity contribution < 1.29 is 9.53 Å². The number of ether oxygens (including phenoxy) is 1. The van der Waals surface area contributed by atoms with Crippen LogP contribution in [-0.2, 0) is 9.53 Å². The molecule has 0 radical (unpaired) electrons. The minimum absolute atomic E-state index is 0.294. The van der Waals surface area contributed by atoms with Gasteiger partial charge in [0.2, 0.25) is 0 Å². The van der Waals surface area contributed by atoms with Gasteiger partial charge in [0, 0.05) is 5.57 Å². The Balaban J connectivity index is 4.45. The lowest BCUT2D eigenvalue weighted by Gasteiger charge is -1.99. The summed E-state index contributed by atoms with van der Waals surface area (Å²) < 4.78 is 4.49. The summed E-state index contributed by atoms with van der Waals surface area (Å²) in [5.41, 5.74) is 1.46. The first-order valence-corrected chi connectivity index (χ1v) is 3.01. The van der Waals surface area contributed by atoms with Gasteiger partial charge in [-0.15, -0.1) is 0 Å². The quantitative estimate of drug-likeness (QED) is 0.331. The fourth-order valence-corrected chi connectivity index (χ4v) is 0.467. The standard InChI is InChI=1S/C8H12O2/c1-5-6(2)7(3)8(9)10-4/h5H,1H2,2-4H3/b7-6-. The van der Waals surface area contributed by atoms with Crippen molar-refractivity contribution in [2.75, 3.05) is 7.11 Å². The molecule has 0 saturated carbocycles. The van der Waals surface area contributed by atoms with Crippen molar-refractivity contribution in [1.82, 2.24) is 0 Å². The van der Waals surface area contributed by atoms with Crippen LogP contribution in [-0.4, -0.2) is 13.1 Å². The zero-order valence-electron chi connectivity index (χ0n) is 6.60. The summed E-state index contributed by atoms with van der Waals surface area (Å²) in [7, 11) is 1.36. The van der Waals surface area contributed by atoms with E-state index in [9.17, 15) is 4.79 Å². The monoisotopic (exact) mass is 140 g/mol. The first-order valence-electron chi connectivity index (χ1n) is 3.01. The van der Waals surface area contributed by atoms with Crippen molar-refractivity contribution in [3.8, 4) is 0 Å². The van der Waals surface area contributed by atoms with E-state index in [0.717, 1.165) is 5.57 Å². The Kier molecular flexibility index (Phi) is 3.47. The van der Waals surface area contributed by atoms with Gasteiger partial charge in [-0.05, 0) is 19.4 Å². The molecule has 0 rings (SSSR count). The van der Waals surface area contributed by atoms with E-state index in [1.807, 2.05) is 6.92 Å². The molecule has 10 heavy (non-hydrogen) atoms. The van der Waals surface area contributed by atoms with Crippen molar-refractivity contribution in [1.29, 1.82) is 0 Å². The Bertz CT molecular complexity index is 178. The minimum Gasteiger partial charge on any atom is -0.466 e. The van der Waals surface area contributed by atoms with Crippen LogP contribution < -0.4 is 0 Å². The van der Waals surface area contributed by atoms with Crippen molar-refractivity contribution in [2.24, 2.45) is 0 Å². The van der Waals surface area contributed by atoms with Gasteiger partial charge in [-0.25, -0.2) is 4.79 Å². The number of hydrogen-bond donors (Lipinski definition) is 0. The van der Waals surface area contributed by atoms with E-state index >= 15 is 0 Å². The van der Waals surface area contributed by atoms with Gasteiger partial charge in [0.25, 0.3) is 0 Å². The molecule has 0 N–H and O–H groups in total. The summed E-state index contributed by atoms with van der Waals surface area (Å²) >= 11 is 0. The van der Waals surface area contributed by atoms with Crippen LogP contribution in [0.15, 0.2) is 23.8 Å². The van der Waals surface area contributed by atoms with Crippen molar-refractivity contribution >= 4 is 5.97 Å². The summed E-state index contributed by atoms with van der Waals surface area (Å²) in [5, 5.41) is 0. The molecule has 0 amide bonds. The number of carbonyl (C=O) groups excluding carboxylic acids is 1. The molecular formula is C8H12O2. The SMILES string of the molecule is C=C/C(C)=C(/C)C(=O)OC. The fourth-order valence-electron chi connectivity index (χ4n) is 0.467. The van der Waals surface area contributed by atoms with Crippen LogP contribution in [0.3, 0.4) is 0 Å². The molecule has 0 saturated heterocycles. The lowest BCUT2D eigenvalue weighted by atomic mass is 10.1. The first kappa shape index (κ1) is 8.95. The maximum absolute atomic E-state index is 10.8. The molecule has 0 aliphatic heterocycles. The molecule has 0 atom stereocenters. The Morgan fingerprint density at radius 1 is 1.50 bits per heavy atom. The molecule has 0 heterocycles. The van der Waals surface area contributed by atoms with Crippen LogP contribution >= 0.6 is 0 Å². The second-order valence-corrected chi connectivity index (χ2v) is 2.00. The highest BCUT2D eigenvalue weighted by molar-refractivity contribution is 5.88. The Hall–Kier alpha value is -1.05. The summed E-state index contributed by atoms with van der Waals surface area (Å²) in [6.07, 6.45) is 1.63. The number of hydrogen-bond acceptors (Lipinski definition) is 2. The van der Waals surface area contributed by atoms with Gasteiger partial charge in [0.15, 0.2) is 0 Å². The molecule has 0 aromatic carbocycles. The molecule has 0 bridgehead atoms. The van der Waals surface area contributed by atoms with Gasteiger partial charge in [0.05, 0.1) is 7.11 Å². The molecular weight excluding hydrogens is 128 g/mol. The lowest BCUT2D eigenvalue weighted by molar-refractivity contribution is -0.136. The third-order valence-electron chi connectivity index (χ3n) is 1.39. The molecule has 0 aromatic heterocycles. The fraction of sp³-hybridized carbons (Fsp3) is 0.375. The van der Waals surface area contributed by atoms with Crippen LogP contribution in [0.25, 0.3) is 0 Å². The summed E-state index contributed by atoms with van der Waals surface area (Å²) in [6, 6.07) is 0. The van der Waals surface area contributed by atoms with Crippen molar-refractivity contribution in [3.63, 3.8) is 0 Å². The topological polar surface area (TPSA) is 26.3 Å². The third kappa shape index (κ3) is 2.05. The minimum atomic E-state index is -0.294. The smallest absolute Gasteiger partial charge is 0.333 e. The molecule has 0 spiro atoms. The van der Waals surface area contributed by atoms with Crippen LogP contribution in [0.2, 0.25) is 0 Å². The van der Waals surface area contributed by atoms with Gasteiger partial charge in [-0.2, -0.15) is 0 Å². The van der Waals surface area contributed by atoms with Crippen LogP contribution in [0.1, 0.15) is 13.8 Å². The predicted molar refractivity (Wildman–Crippen MR) is 40.6 cm³/mol. The normalized spacial score (nSPS) is 11.9. The molecule has 0 aliphatic rings. The van der Waals surface area contributed by atoms with Crippen LogP contribution in [0, 0.1) is 0 Å². The summed E-state index contributed by atoms with van der Waals surface area (Å²) in [4.78, 5) is 10.8. The van der Waals surface area contributed by atoms with Crippen LogP contribution in [0.4, 0.5) is 0 Å². The number of allylic oxidation sites excluding steroid dienone is 2. The molecule has 0 fully saturated rings. The van der Waals surface area contributed by atoms with Crippen LogP contribution in [0.5, 0.6) is 0 Å². The lowest BCUT2D eigenvalue weighted by Crippen LogP contribution is -2.02. The van der Waals surface area contributed by atoms with E-state index in [2.05, 4.69) is 11.3 Å². The van der Waals surface area contributed by atoms with E-state index in [4.69, 9.17) is 0 Å². The maximum atomic E-state index is 10.8. The number of methoxy groups -OCH3 is 1. The van der Waals surface area contributed by atoms with Gasteiger partial charge >= 0.3 is 5.97 Å². The zero-order valence-corrected chi connectivity index (χ0v) is 6.60. The van der Waals surface area contributed by atoms with Gasteiger partial charge in [-0.1, -0.05) is 12.7 Å². The second kappa shape index (κ2) is 3.88. The largest absolute Gasteiger partial charge is 0.466 e. The van der Waals surface area contributed by atoms with E-state index in [1.54, 1.807) is 13.0 Å². The molecule has 56 valence electrons. The number of esters is 1. The van der Waals surface area contributed by atoms with E-state index in [1.165, 1.54) is 7.11 Å². The Labute approximate surface area is 61.2 Å². The molecule has 0 aliphatic carbocycles. The first-order chi connectivity index (χ1) is 4.63. The van der Waals surface area contributed by atoms with E-state index < -0.39 is 0 Å². The van der Waals surface area contributed by atoms with Gasteiger partial charge < -0.3 is 4.74 Å². The van der Waals surface area contributed by atoms with Gasteiger partial charge in [0.1, 0.15) is 0 Å². The predicted octanol–water partition coefficient (Wildman–Crippen LogP) is 1.68. The Morgan fingerprint density at radius 3 is 2.30 bits per heavy atom. The van der Waals surface area contributed by atoms with Crippen molar-refractivity contribution in [2.45, 2.75) is 13.8 Å². The Morgan fingerprint density at radius 2 is 2.00 bits per heavy atom. The average Bonchev–Trinajstić information content (AvgIpc) is 2.00. The highest BCUT2D eigenvalue weighted by atomic mass is 16.5. The second-order valence-electron chi connectivity index (χ2n) is 2.00. The van der Waals surface area contributed by atoms with Gasteiger partial charge in [-0.3, -0.25) is 0 Å². The maximum Gasteiger partial charge on any atom is 0.333 e. The average molecular weight is 140 g/mol. The molecule has 0 aromatic rings. The highest BCUT2D eigenvalue weighted by Gasteiger charge is 2.03. The van der Waals surface area contributed by atoms with E-state index in [-0.39, 0.29) is 5.97 Å². The number of rotatable bonds is 2. The third-order valence-corrected chi connectivity index (χ3v) is 1.39.